The van der Waals surface area contributed by atoms with E-state index in [-0.39, 0.29) is 19.1 Å². The molecule has 0 radical (unpaired) electrons. The molecule has 1 aliphatic carbocycles. The summed E-state index contributed by atoms with van der Waals surface area (Å²) in [7, 11) is 0. The maximum Gasteiger partial charge on any atom is 0.344 e. The third kappa shape index (κ3) is 6.17. The topological polar surface area (TPSA) is 52.6 Å². The molecule has 2 rings (SSSR count). The summed E-state index contributed by atoms with van der Waals surface area (Å²) in [6, 6.07) is 4.89. The average Bonchev–Trinajstić information content (AvgIpc) is 2.55. The zero-order valence-electron chi connectivity index (χ0n) is 15.5. The van der Waals surface area contributed by atoms with Gasteiger partial charge in [0.25, 0.3) is 0 Å². The van der Waals surface area contributed by atoms with Gasteiger partial charge in [0.05, 0.1) is 6.42 Å². The lowest BCUT2D eigenvalue weighted by Crippen LogP contribution is -2.36. The number of carbonyl (C=O) groups is 2. The fourth-order valence-corrected chi connectivity index (χ4v) is 3.94. The van der Waals surface area contributed by atoms with Crippen LogP contribution in [0.4, 0.5) is 0 Å². The van der Waals surface area contributed by atoms with Crippen LogP contribution in [-0.4, -0.2) is 24.6 Å². The summed E-state index contributed by atoms with van der Waals surface area (Å²) in [4.78, 5) is 24.1. The summed E-state index contributed by atoms with van der Waals surface area (Å²) < 4.78 is 10.7. The van der Waals surface area contributed by atoms with Crippen molar-refractivity contribution >= 4 is 35.1 Å². The molecule has 3 atom stereocenters. The van der Waals surface area contributed by atoms with Gasteiger partial charge in [0.1, 0.15) is 6.10 Å². The molecule has 0 N–H and O–H groups in total. The first-order valence-electron chi connectivity index (χ1n) is 9.05. The second kappa shape index (κ2) is 9.61. The van der Waals surface area contributed by atoms with Crippen LogP contribution in [0.3, 0.4) is 0 Å². The van der Waals surface area contributed by atoms with Crippen molar-refractivity contribution in [1.29, 1.82) is 0 Å². The van der Waals surface area contributed by atoms with Crippen LogP contribution in [0.2, 0.25) is 10.0 Å². The minimum Gasteiger partial charge on any atom is -0.460 e. The number of hydrogen-bond donors (Lipinski definition) is 0. The van der Waals surface area contributed by atoms with Crippen LogP contribution in [0.15, 0.2) is 18.2 Å². The molecule has 1 fully saturated rings. The van der Waals surface area contributed by atoms with Gasteiger partial charge in [-0.15, -0.1) is 0 Å². The highest BCUT2D eigenvalue weighted by Gasteiger charge is 2.33. The first-order chi connectivity index (χ1) is 12.3. The number of benzene rings is 1. The Hall–Kier alpha value is -1.26. The van der Waals surface area contributed by atoms with E-state index in [4.69, 9.17) is 32.7 Å². The van der Waals surface area contributed by atoms with Crippen molar-refractivity contribution in [2.24, 2.45) is 17.8 Å². The van der Waals surface area contributed by atoms with E-state index in [0.717, 1.165) is 19.3 Å². The molecule has 0 aliphatic heterocycles. The second-order valence-electron chi connectivity index (χ2n) is 7.43. The second-order valence-corrected chi connectivity index (χ2v) is 8.27. The Kier molecular flexibility index (Phi) is 7.78. The first kappa shape index (κ1) is 21.0. The molecule has 1 saturated carbocycles. The van der Waals surface area contributed by atoms with Gasteiger partial charge < -0.3 is 9.47 Å². The Bertz CT molecular complexity index is 645. The van der Waals surface area contributed by atoms with Gasteiger partial charge in [0.15, 0.2) is 6.61 Å². The van der Waals surface area contributed by atoms with E-state index in [9.17, 15) is 9.59 Å². The molecule has 144 valence electrons. The normalized spacial score (nSPS) is 22.9. The molecular formula is C20H26Cl2O4. The fourth-order valence-electron chi connectivity index (χ4n) is 3.46. The Balaban J connectivity index is 1.82. The monoisotopic (exact) mass is 400 g/mol. The number of hydrogen-bond acceptors (Lipinski definition) is 4. The van der Waals surface area contributed by atoms with Crippen LogP contribution >= 0.6 is 23.2 Å². The highest BCUT2D eigenvalue weighted by atomic mass is 35.5. The van der Waals surface area contributed by atoms with Gasteiger partial charge >= 0.3 is 11.9 Å². The maximum atomic E-state index is 12.1. The van der Waals surface area contributed by atoms with E-state index in [1.807, 2.05) is 0 Å². The minimum absolute atomic E-state index is 0.0155. The first-order valence-corrected chi connectivity index (χ1v) is 9.81. The molecule has 1 aromatic carbocycles. The van der Waals surface area contributed by atoms with Crippen LogP contribution < -0.4 is 0 Å². The van der Waals surface area contributed by atoms with Gasteiger partial charge in [0, 0.05) is 10.0 Å². The van der Waals surface area contributed by atoms with Crippen molar-refractivity contribution in [3.63, 3.8) is 0 Å². The Morgan fingerprint density at radius 1 is 1.19 bits per heavy atom. The number of esters is 2. The van der Waals surface area contributed by atoms with Crippen LogP contribution in [0.5, 0.6) is 0 Å². The predicted octanol–water partition coefficient (Wildman–Crippen LogP) is 5.08. The van der Waals surface area contributed by atoms with Gasteiger partial charge in [-0.3, -0.25) is 4.79 Å². The van der Waals surface area contributed by atoms with E-state index < -0.39 is 11.9 Å². The average molecular weight is 401 g/mol. The lowest BCUT2D eigenvalue weighted by atomic mass is 9.75. The summed E-state index contributed by atoms with van der Waals surface area (Å²) in [5.74, 6) is 0.333. The lowest BCUT2D eigenvalue weighted by molar-refractivity contribution is -0.166. The molecule has 26 heavy (non-hydrogen) atoms. The van der Waals surface area contributed by atoms with Gasteiger partial charge in [-0.05, 0) is 48.3 Å². The zero-order chi connectivity index (χ0) is 19.3. The molecule has 4 nitrogen and oxygen atoms in total. The molecule has 0 saturated heterocycles. The molecule has 0 spiro atoms. The lowest BCUT2D eigenvalue weighted by Gasteiger charge is -2.36. The summed E-state index contributed by atoms with van der Waals surface area (Å²) in [6.07, 6.45) is 2.97. The van der Waals surface area contributed by atoms with E-state index in [1.54, 1.807) is 18.2 Å². The summed E-state index contributed by atoms with van der Waals surface area (Å²) in [6.45, 7) is 6.10. The molecule has 0 unspecified atom stereocenters. The van der Waals surface area contributed by atoms with Gasteiger partial charge in [-0.1, -0.05) is 56.5 Å². The van der Waals surface area contributed by atoms with Crippen molar-refractivity contribution in [1.82, 2.24) is 0 Å². The van der Waals surface area contributed by atoms with Crippen molar-refractivity contribution in [3.05, 3.63) is 33.8 Å². The van der Waals surface area contributed by atoms with E-state index in [2.05, 4.69) is 20.8 Å². The molecule has 6 heteroatoms. The predicted molar refractivity (Wildman–Crippen MR) is 102 cm³/mol. The quantitative estimate of drug-likeness (QED) is 0.624. The highest BCUT2D eigenvalue weighted by Crippen LogP contribution is 2.35. The SMILES string of the molecule is CC(C)[C@H]1CC[C@H](C)C[C@@H]1OC(=O)COC(=O)Cc1ccc(Cl)cc1Cl. The smallest absolute Gasteiger partial charge is 0.344 e. The number of rotatable bonds is 6. The van der Waals surface area contributed by atoms with Gasteiger partial charge in [-0.25, -0.2) is 4.79 Å². The molecule has 0 amide bonds. The maximum absolute atomic E-state index is 12.1. The largest absolute Gasteiger partial charge is 0.460 e. The summed E-state index contributed by atoms with van der Waals surface area (Å²) in [5, 5.41) is 0.894. The third-order valence-electron chi connectivity index (χ3n) is 4.95. The third-order valence-corrected chi connectivity index (χ3v) is 5.53. The van der Waals surface area contributed by atoms with Crippen molar-refractivity contribution in [3.8, 4) is 0 Å². The highest BCUT2D eigenvalue weighted by molar-refractivity contribution is 6.35. The van der Waals surface area contributed by atoms with Crippen LogP contribution in [0, 0.1) is 17.8 Å². The Morgan fingerprint density at radius 3 is 2.58 bits per heavy atom. The fraction of sp³-hybridized carbons (Fsp3) is 0.600. The summed E-state index contributed by atoms with van der Waals surface area (Å²) in [5.41, 5.74) is 0.607. The molecule has 0 bridgehead atoms. The van der Waals surface area contributed by atoms with E-state index in [0.29, 0.717) is 33.4 Å². The van der Waals surface area contributed by atoms with Crippen molar-refractivity contribution in [2.45, 2.75) is 52.6 Å². The number of carbonyl (C=O) groups excluding carboxylic acids is 2. The summed E-state index contributed by atoms with van der Waals surface area (Å²) >= 11 is 11.9. The Labute approximate surface area is 165 Å². The van der Waals surface area contributed by atoms with Crippen molar-refractivity contribution < 1.29 is 19.1 Å². The number of halogens is 2. The van der Waals surface area contributed by atoms with Gasteiger partial charge in [0.2, 0.25) is 0 Å². The molecule has 0 heterocycles. The van der Waals surface area contributed by atoms with Crippen molar-refractivity contribution in [2.75, 3.05) is 6.61 Å². The number of ether oxygens (including phenoxy) is 2. The minimum atomic E-state index is -0.524. The molecule has 0 aromatic heterocycles. The molecule has 1 aliphatic rings. The van der Waals surface area contributed by atoms with Crippen LogP contribution in [0.1, 0.15) is 45.6 Å². The standard InChI is InChI=1S/C20H26Cl2O4/c1-12(2)16-7-4-13(3)8-18(16)26-20(24)11-25-19(23)9-14-5-6-15(21)10-17(14)22/h5-6,10,12-13,16,18H,4,7-9,11H2,1-3H3/t13-,16+,18-/m0/s1. The van der Waals surface area contributed by atoms with Crippen LogP contribution in [0.25, 0.3) is 0 Å². The Morgan fingerprint density at radius 2 is 1.92 bits per heavy atom. The zero-order valence-corrected chi connectivity index (χ0v) is 17.0. The molecule has 1 aromatic rings. The van der Waals surface area contributed by atoms with E-state index >= 15 is 0 Å². The molecular weight excluding hydrogens is 375 g/mol. The van der Waals surface area contributed by atoms with E-state index in [1.165, 1.54) is 0 Å². The van der Waals surface area contributed by atoms with Crippen LogP contribution in [-0.2, 0) is 25.5 Å². The van der Waals surface area contributed by atoms with Gasteiger partial charge in [-0.2, -0.15) is 0 Å².